The molecule has 2 aromatic heterocycles. The van der Waals surface area contributed by atoms with E-state index in [-0.39, 0.29) is 73.2 Å². The van der Waals surface area contributed by atoms with E-state index in [0.29, 0.717) is 10.8 Å². The van der Waals surface area contributed by atoms with Crippen LogP contribution in [0.1, 0.15) is 11.1 Å². The number of amidine groups is 2. The molecule has 0 atom stereocenters. The average Bonchev–Trinajstić information content (AvgIpc) is 3.58. The topological polar surface area (TPSA) is 189 Å². The summed E-state index contributed by atoms with van der Waals surface area (Å²) in [6.45, 7) is 0. The zero-order chi connectivity index (χ0) is 28.3. The van der Waals surface area contributed by atoms with Crippen LogP contribution in [0.3, 0.4) is 0 Å². The summed E-state index contributed by atoms with van der Waals surface area (Å²) < 4.78 is 2.91. The molecule has 0 fully saturated rings. The van der Waals surface area contributed by atoms with Gasteiger partial charge in [0.1, 0.15) is 38.9 Å². The first-order valence-electron chi connectivity index (χ1n) is 11.9. The highest BCUT2D eigenvalue weighted by atomic mass is 35.5. The summed E-state index contributed by atoms with van der Waals surface area (Å²) in [5.41, 5.74) is -0.190. The van der Waals surface area contributed by atoms with Crippen LogP contribution >= 0.6 is 11.5 Å². The van der Waals surface area contributed by atoms with Crippen LogP contribution in [0.25, 0.3) is 21.5 Å². The van der Waals surface area contributed by atoms with Crippen molar-refractivity contribution in [1.82, 2.24) is 8.96 Å². The summed E-state index contributed by atoms with van der Waals surface area (Å²) in [7, 11) is 0. The third-order valence-electron chi connectivity index (χ3n) is 7.30. The lowest BCUT2D eigenvalue weighted by Crippen LogP contribution is -2.45. The van der Waals surface area contributed by atoms with Crippen molar-refractivity contribution in [1.29, 1.82) is 0 Å². The molecule has 0 aliphatic carbocycles. The number of aromatic nitrogens is 2. The van der Waals surface area contributed by atoms with Crippen molar-refractivity contribution >= 4 is 79.8 Å². The molecule has 5 aromatic rings. The lowest BCUT2D eigenvalue weighted by Gasteiger charge is -2.18. The predicted molar refractivity (Wildman–Crippen MR) is 147 cm³/mol. The molecule has 4 bridgehead atoms. The molecule has 0 amide bonds. The van der Waals surface area contributed by atoms with Gasteiger partial charge in [-0.25, -0.2) is 20.0 Å². The molecule has 15 nitrogen and oxygen atoms in total. The second kappa shape index (κ2) is 7.67. The summed E-state index contributed by atoms with van der Waals surface area (Å²) in [5.74, 6) is 0.195. The van der Waals surface area contributed by atoms with Gasteiger partial charge in [0.15, 0.2) is 11.7 Å². The Hall–Kier alpha value is -5.77. The van der Waals surface area contributed by atoms with Crippen LogP contribution in [-0.2, 0) is 0 Å². The van der Waals surface area contributed by atoms with Crippen LogP contribution < -0.4 is 11.0 Å². The lowest BCUT2D eigenvalue weighted by molar-refractivity contribution is -0.385. The Morgan fingerprint density at radius 3 is 1.98 bits per heavy atom. The number of halogens is 1. The Bertz CT molecular complexity index is 2340. The molecule has 3 aliphatic heterocycles. The normalized spacial score (nSPS) is 14.2. The maximum absolute atomic E-state index is 12.1. The summed E-state index contributed by atoms with van der Waals surface area (Å²) in [5, 5.41) is 37.2. The number of nitro groups is 3. The van der Waals surface area contributed by atoms with Gasteiger partial charge in [0, 0.05) is 34.5 Å². The number of aliphatic imine (C=N–C) groups is 2. The number of hydrogen-bond donors (Lipinski definition) is 0. The van der Waals surface area contributed by atoms with E-state index < -0.39 is 21.2 Å². The maximum Gasteiger partial charge on any atom is 0.499 e. The van der Waals surface area contributed by atoms with Crippen LogP contribution in [0.15, 0.2) is 74.6 Å². The number of hydrogen-bond acceptors (Lipinski definition) is 10. The standard InChI is InChI=1S/C24H9BClN9O6/c26-25-31-21-11-5-2-9-15(35(40)41)18(11)24(31)30-22-12-6-3-8-14(34(38)39)17(12)23(32(22)25)28-19-10-4-1-7-13(33(36)37)16(10)20(27-19)29-21/h1-9H. The lowest BCUT2D eigenvalue weighted by atomic mass is 10.1. The molecule has 0 radical (unpaired) electrons. The molecule has 0 saturated carbocycles. The molecule has 196 valence electrons. The van der Waals surface area contributed by atoms with Crippen LogP contribution in [0.4, 0.5) is 28.7 Å². The van der Waals surface area contributed by atoms with E-state index in [1.807, 2.05) is 0 Å². The molecular weight excluding hydrogens is 557 g/mol. The van der Waals surface area contributed by atoms with Crippen molar-refractivity contribution < 1.29 is 14.8 Å². The molecule has 3 aromatic carbocycles. The van der Waals surface area contributed by atoms with Crippen LogP contribution in [0.5, 0.6) is 0 Å². The molecule has 17 heteroatoms. The van der Waals surface area contributed by atoms with Gasteiger partial charge >= 0.3 is 6.40 Å². The third kappa shape index (κ3) is 2.82. The van der Waals surface area contributed by atoms with E-state index in [4.69, 9.17) is 16.5 Å². The minimum atomic E-state index is -1.18. The van der Waals surface area contributed by atoms with E-state index >= 15 is 0 Å². The highest BCUT2D eigenvalue weighted by Gasteiger charge is 2.39. The SMILES string of the molecule is O=[N+]([O-])c1cccc2c1C1=Nc3c4cccc([N+](=O)[O-])c4c4n3B(Cl)n3c(c5cccc([N+](=O)[O-])c5c3=NC2=N1)=N4. The smallest absolute Gasteiger partial charge is 0.319 e. The summed E-state index contributed by atoms with van der Waals surface area (Å²) >= 11 is 7.09. The van der Waals surface area contributed by atoms with Gasteiger partial charge in [0.2, 0.25) is 0 Å². The molecule has 0 unspecified atom stereocenters. The number of rotatable bonds is 3. The quantitative estimate of drug-likeness (QED) is 0.182. The van der Waals surface area contributed by atoms with Crippen molar-refractivity contribution in [2.24, 2.45) is 20.0 Å². The number of nitrogens with zero attached hydrogens (tertiary/aromatic N) is 9. The second-order valence-electron chi connectivity index (χ2n) is 9.31. The van der Waals surface area contributed by atoms with Crippen molar-refractivity contribution in [3.05, 3.63) is 107 Å². The number of non-ortho nitro benzene ring substituents is 2. The fourth-order valence-electron chi connectivity index (χ4n) is 5.69. The Labute approximate surface area is 230 Å². The maximum atomic E-state index is 12.1. The van der Waals surface area contributed by atoms with E-state index in [2.05, 4.69) is 15.0 Å². The van der Waals surface area contributed by atoms with E-state index in [1.54, 1.807) is 18.2 Å². The van der Waals surface area contributed by atoms with Crippen molar-refractivity contribution in [3.63, 3.8) is 0 Å². The first-order valence-corrected chi connectivity index (χ1v) is 12.4. The molecule has 0 N–H and O–H groups in total. The van der Waals surface area contributed by atoms with Crippen LogP contribution in [-0.4, -0.2) is 41.8 Å². The molecule has 8 rings (SSSR count). The summed E-state index contributed by atoms with van der Waals surface area (Å²) in [4.78, 5) is 53.2. The Morgan fingerprint density at radius 1 is 0.634 bits per heavy atom. The van der Waals surface area contributed by atoms with Crippen molar-refractivity contribution in [2.75, 3.05) is 0 Å². The van der Waals surface area contributed by atoms with Crippen molar-refractivity contribution in [3.8, 4) is 0 Å². The van der Waals surface area contributed by atoms with Crippen LogP contribution in [0, 0.1) is 30.3 Å². The Morgan fingerprint density at radius 2 is 1.27 bits per heavy atom. The first kappa shape index (κ1) is 23.2. The highest BCUT2D eigenvalue weighted by molar-refractivity contribution is 7.05. The van der Waals surface area contributed by atoms with Gasteiger partial charge in [0.05, 0.1) is 14.8 Å². The van der Waals surface area contributed by atoms with Gasteiger partial charge in [-0.2, -0.15) is 0 Å². The molecule has 0 spiro atoms. The fraction of sp³-hybridized carbons (Fsp3) is 0. The monoisotopic (exact) mass is 565 g/mol. The third-order valence-corrected chi connectivity index (χ3v) is 7.69. The van der Waals surface area contributed by atoms with Gasteiger partial charge in [-0.3, -0.25) is 30.3 Å². The predicted octanol–water partition coefficient (Wildman–Crippen LogP) is 3.68. The van der Waals surface area contributed by atoms with Crippen molar-refractivity contribution in [2.45, 2.75) is 0 Å². The van der Waals surface area contributed by atoms with Gasteiger partial charge in [-0.15, -0.1) is 11.5 Å². The van der Waals surface area contributed by atoms with E-state index in [0.717, 1.165) is 0 Å². The molecular formula is C24H9BClN9O6. The fourth-order valence-corrected chi connectivity index (χ4v) is 6.06. The largest absolute Gasteiger partial charge is 0.499 e. The minimum absolute atomic E-state index is 0.0350. The zero-order valence-corrected chi connectivity index (χ0v) is 20.9. The van der Waals surface area contributed by atoms with Gasteiger partial charge in [0.25, 0.3) is 17.1 Å². The Balaban J connectivity index is 1.68. The minimum Gasteiger partial charge on any atom is -0.319 e. The highest BCUT2D eigenvalue weighted by Crippen LogP contribution is 2.45. The molecule has 0 saturated heterocycles. The molecule has 3 aliphatic rings. The number of nitro benzene ring substituents is 3. The van der Waals surface area contributed by atoms with Gasteiger partial charge in [-0.05, 0) is 6.07 Å². The summed E-state index contributed by atoms with van der Waals surface area (Å²) in [6, 6.07) is 13.2. The zero-order valence-electron chi connectivity index (χ0n) is 20.1. The Kier molecular flexibility index (Phi) is 4.33. The summed E-state index contributed by atoms with van der Waals surface area (Å²) in [6.07, 6.45) is -1.18. The van der Waals surface area contributed by atoms with E-state index in [9.17, 15) is 30.3 Å². The van der Waals surface area contributed by atoms with E-state index in [1.165, 1.54) is 45.4 Å². The number of benzene rings is 3. The van der Waals surface area contributed by atoms with Gasteiger partial charge < -0.3 is 8.96 Å². The molecule has 41 heavy (non-hydrogen) atoms. The average molecular weight is 566 g/mol. The molecule has 5 heterocycles. The van der Waals surface area contributed by atoms with Crippen LogP contribution in [0.2, 0.25) is 0 Å². The van der Waals surface area contributed by atoms with Gasteiger partial charge in [-0.1, -0.05) is 30.3 Å². The number of fused-ring (bicyclic) bond motifs is 10. The second-order valence-corrected chi connectivity index (χ2v) is 9.70. The first-order chi connectivity index (χ1) is 19.8.